The standard InChI is InChI=1S/C9H14OS2/c10-9(11)6-7-12-8-4-2-1-3-5-8/h6-8H,1-5H2,(H,10,11). The minimum atomic E-state index is -0.0155. The molecule has 1 nitrogen and oxygen atoms in total. The summed E-state index contributed by atoms with van der Waals surface area (Å²) in [6.07, 6.45) is 8.32. The second kappa shape index (κ2) is 5.60. The lowest BCUT2D eigenvalue weighted by molar-refractivity contribution is 0.517. The predicted molar refractivity (Wildman–Crippen MR) is 58.8 cm³/mol. The number of rotatable bonds is 3. The highest BCUT2D eigenvalue weighted by Gasteiger charge is 2.11. The van der Waals surface area contributed by atoms with E-state index in [-0.39, 0.29) is 5.05 Å². The van der Waals surface area contributed by atoms with Crippen LogP contribution in [-0.4, -0.2) is 15.4 Å². The first kappa shape index (κ1) is 10.1. The quantitative estimate of drug-likeness (QED) is 0.559. The highest BCUT2D eigenvalue weighted by atomic mass is 32.2. The van der Waals surface area contributed by atoms with Gasteiger partial charge in [0.25, 0.3) is 0 Å². The van der Waals surface area contributed by atoms with E-state index >= 15 is 0 Å². The zero-order valence-corrected chi connectivity index (χ0v) is 8.66. The molecule has 0 aliphatic heterocycles. The van der Waals surface area contributed by atoms with Crippen molar-refractivity contribution in [2.45, 2.75) is 37.4 Å². The van der Waals surface area contributed by atoms with Gasteiger partial charge in [-0.1, -0.05) is 19.3 Å². The van der Waals surface area contributed by atoms with Gasteiger partial charge in [-0.25, -0.2) is 0 Å². The SMILES string of the molecule is OC(=S)C=CSC1CCCCC1. The van der Waals surface area contributed by atoms with Crippen LogP contribution in [0, 0.1) is 0 Å². The largest absolute Gasteiger partial charge is 0.499 e. The van der Waals surface area contributed by atoms with Crippen LogP contribution in [-0.2, 0) is 0 Å². The van der Waals surface area contributed by atoms with E-state index in [0.717, 1.165) is 5.25 Å². The predicted octanol–water partition coefficient (Wildman–Crippen LogP) is 3.45. The maximum Gasteiger partial charge on any atom is 0.181 e. The molecular formula is C9H14OS2. The van der Waals surface area contributed by atoms with Crippen LogP contribution < -0.4 is 0 Å². The number of thiocarbonyl (C=S) groups is 1. The van der Waals surface area contributed by atoms with E-state index in [1.807, 2.05) is 5.41 Å². The number of thioether (sulfide) groups is 1. The first-order chi connectivity index (χ1) is 5.79. The van der Waals surface area contributed by atoms with Crippen LogP contribution in [0.3, 0.4) is 0 Å². The Hall–Kier alpha value is -0.0200. The van der Waals surface area contributed by atoms with Gasteiger partial charge in [-0.3, -0.25) is 0 Å². The molecule has 1 fully saturated rings. The summed E-state index contributed by atoms with van der Waals surface area (Å²) in [6, 6.07) is 0. The Morgan fingerprint density at radius 3 is 2.58 bits per heavy atom. The van der Waals surface area contributed by atoms with Gasteiger partial charge in [0.05, 0.1) is 0 Å². The van der Waals surface area contributed by atoms with Crippen molar-refractivity contribution < 1.29 is 5.11 Å². The van der Waals surface area contributed by atoms with Crippen molar-refractivity contribution in [3.05, 3.63) is 11.5 Å². The monoisotopic (exact) mass is 202 g/mol. The van der Waals surface area contributed by atoms with Crippen molar-refractivity contribution in [3.8, 4) is 0 Å². The third-order valence-electron chi connectivity index (χ3n) is 2.03. The Kier molecular flexibility index (Phi) is 4.69. The van der Waals surface area contributed by atoms with Crippen LogP contribution in [0.25, 0.3) is 0 Å². The molecule has 0 aromatic carbocycles. The number of aliphatic hydroxyl groups excluding tert-OH is 1. The molecule has 0 bridgehead atoms. The van der Waals surface area contributed by atoms with Crippen LogP contribution in [0.15, 0.2) is 11.5 Å². The van der Waals surface area contributed by atoms with Gasteiger partial charge in [0, 0.05) is 5.25 Å². The summed E-state index contributed by atoms with van der Waals surface area (Å²) in [4.78, 5) is 0. The first-order valence-electron chi connectivity index (χ1n) is 4.34. The zero-order chi connectivity index (χ0) is 8.81. The molecule has 1 rings (SSSR count). The van der Waals surface area contributed by atoms with E-state index < -0.39 is 0 Å². The van der Waals surface area contributed by atoms with Gasteiger partial charge >= 0.3 is 0 Å². The summed E-state index contributed by atoms with van der Waals surface area (Å²) in [5, 5.41) is 11.4. The summed E-state index contributed by atoms with van der Waals surface area (Å²) in [7, 11) is 0. The fraction of sp³-hybridized carbons (Fsp3) is 0.667. The van der Waals surface area contributed by atoms with Crippen molar-refractivity contribution >= 4 is 29.0 Å². The molecule has 0 spiro atoms. The second-order valence-corrected chi connectivity index (χ2v) is 4.67. The molecule has 0 radical (unpaired) electrons. The summed E-state index contributed by atoms with van der Waals surface area (Å²) < 4.78 is 0. The van der Waals surface area contributed by atoms with E-state index in [4.69, 9.17) is 5.11 Å². The molecule has 1 saturated carbocycles. The van der Waals surface area contributed by atoms with Crippen molar-refractivity contribution in [1.82, 2.24) is 0 Å². The maximum atomic E-state index is 8.71. The summed E-state index contributed by atoms with van der Waals surface area (Å²) in [5.74, 6) is 0. The van der Waals surface area contributed by atoms with Crippen molar-refractivity contribution in [1.29, 1.82) is 0 Å². The van der Waals surface area contributed by atoms with Gasteiger partial charge in [0.2, 0.25) is 0 Å². The Labute approximate surface area is 83.2 Å². The lowest BCUT2D eigenvalue weighted by Crippen LogP contribution is -2.06. The molecule has 68 valence electrons. The summed E-state index contributed by atoms with van der Waals surface area (Å²) in [5.41, 5.74) is 0. The summed E-state index contributed by atoms with van der Waals surface area (Å²) in [6.45, 7) is 0. The van der Waals surface area contributed by atoms with Crippen LogP contribution in [0.5, 0.6) is 0 Å². The molecule has 1 aliphatic carbocycles. The molecule has 3 heteroatoms. The molecule has 1 aliphatic rings. The van der Waals surface area contributed by atoms with Gasteiger partial charge in [-0.2, -0.15) is 0 Å². The van der Waals surface area contributed by atoms with Gasteiger partial charge in [0.15, 0.2) is 5.05 Å². The average Bonchev–Trinajstić information content (AvgIpc) is 2.05. The highest BCUT2D eigenvalue weighted by Crippen LogP contribution is 2.28. The zero-order valence-electron chi connectivity index (χ0n) is 7.03. The summed E-state index contributed by atoms with van der Waals surface area (Å²) >= 11 is 6.32. The third-order valence-corrected chi connectivity index (χ3v) is 3.32. The molecule has 1 N–H and O–H groups in total. The molecule has 0 aromatic rings. The minimum absolute atomic E-state index is 0.0155. The van der Waals surface area contributed by atoms with Crippen LogP contribution in [0.4, 0.5) is 0 Å². The van der Waals surface area contributed by atoms with Gasteiger partial charge in [-0.15, -0.1) is 11.8 Å². The number of hydrogen-bond acceptors (Lipinski definition) is 2. The molecule has 12 heavy (non-hydrogen) atoms. The Balaban J connectivity index is 2.17. The minimum Gasteiger partial charge on any atom is -0.499 e. The lowest BCUT2D eigenvalue weighted by atomic mass is 10.0. The smallest absolute Gasteiger partial charge is 0.181 e. The van der Waals surface area contributed by atoms with Crippen LogP contribution in [0.1, 0.15) is 32.1 Å². The fourth-order valence-electron chi connectivity index (χ4n) is 1.41. The third kappa shape index (κ3) is 4.12. The van der Waals surface area contributed by atoms with Gasteiger partial charge in [0.1, 0.15) is 0 Å². The average molecular weight is 202 g/mol. The molecule has 0 aromatic heterocycles. The van der Waals surface area contributed by atoms with Crippen molar-refractivity contribution in [2.75, 3.05) is 0 Å². The normalized spacial score (nSPS) is 20.0. The first-order valence-corrected chi connectivity index (χ1v) is 5.69. The molecule has 0 unspecified atom stereocenters. The molecule has 0 saturated heterocycles. The van der Waals surface area contributed by atoms with Gasteiger partial charge < -0.3 is 5.11 Å². The van der Waals surface area contributed by atoms with Crippen LogP contribution >= 0.6 is 24.0 Å². The van der Waals surface area contributed by atoms with Crippen molar-refractivity contribution in [3.63, 3.8) is 0 Å². The Morgan fingerprint density at radius 2 is 2.00 bits per heavy atom. The van der Waals surface area contributed by atoms with E-state index in [0.29, 0.717) is 0 Å². The molecular weight excluding hydrogens is 188 g/mol. The van der Waals surface area contributed by atoms with Gasteiger partial charge in [-0.05, 0) is 36.5 Å². The van der Waals surface area contributed by atoms with E-state index in [2.05, 4.69) is 12.2 Å². The van der Waals surface area contributed by atoms with Crippen LogP contribution in [0.2, 0.25) is 0 Å². The Bertz CT molecular complexity index is 171. The maximum absolute atomic E-state index is 8.71. The van der Waals surface area contributed by atoms with E-state index in [1.165, 1.54) is 32.1 Å². The van der Waals surface area contributed by atoms with Crippen molar-refractivity contribution in [2.24, 2.45) is 0 Å². The van der Waals surface area contributed by atoms with E-state index in [1.54, 1.807) is 17.8 Å². The fourth-order valence-corrected chi connectivity index (χ4v) is 2.60. The topological polar surface area (TPSA) is 20.2 Å². The molecule has 0 amide bonds. The molecule has 0 heterocycles. The number of hydrogen-bond donors (Lipinski definition) is 1. The second-order valence-electron chi connectivity index (χ2n) is 3.04. The highest BCUT2D eigenvalue weighted by molar-refractivity contribution is 8.02. The molecule has 0 atom stereocenters. The number of aliphatic hydroxyl groups is 1. The lowest BCUT2D eigenvalue weighted by Gasteiger charge is -2.18. The van der Waals surface area contributed by atoms with E-state index in [9.17, 15) is 0 Å². The Morgan fingerprint density at radius 1 is 1.33 bits per heavy atom.